The van der Waals surface area contributed by atoms with Crippen LogP contribution in [-0.4, -0.2) is 24.5 Å². The molecule has 2 N–H and O–H groups in total. The molecule has 0 saturated carbocycles. The molecule has 2 heterocycles. The van der Waals surface area contributed by atoms with Crippen LogP contribution >= 0.6 is 12.4 Å². The van der Waals surface area contributed by atoms with E-state index in [0.717, 1.165) is 37.5 Å². The molecule has 0 spiro atoms. The summed E-state index contributed by atoms with van der Waals surface area (Å²) in [5, 5.41) is 1.25. The van der Waals surface area contributed by atoms with Gasteiger partial charge in [-0.05, 0) is 37.9 Å². The minimum absolute atomic E-state index is 0. The number of hydrogen-bond donors (Lipinski definition) is 1. The van der Waals surface area contributed by atoms with Crippen molar-refractivity contribution in [2.45, 2.75) is 26.8 Å². The van der Waals surface area contributed by atoms with Crippen molar-refractivity contribution in [1.29, 1.82) is 0 Å². The molecular formula is C16H23ClN2O. The highest BCUT2D eigenvalue weighted by molar-refractivity contribution is 5.85. The summed E-state index contributed by atoms with van der Waals surface area (Å²) >= 11 is 0. The predicted molar refractivity (Wildman–Crippen MR) is 85.3 cm³/mol. The van der Waals surface area contributed by atoms with Gasteiger partial charge in [0.2, 0.25) is 0 Å². The van der Waals surface area contributed by atoms with E-state index >= 15 is 0 Å². The van der Waals surface area contributed by atoms with Gasteiger partial charge in [-0.3, -0.25) is 4.90 Å². The van der Waals surface area contributed by atoms with Crippen LogP contribution in [0.1, 0.15) is 24.7 Å². The third-order valence-electron chi connectivity index (χ3n) is 4.41. The molecule has 1 aromatic carbocycles. The van der Waals surface area contributed by atoms with Crippen LogP contribution in [0.3, 0.4) is 0 Å². The molecule has 1 fully saturated rings. The number of benzene rings is 1. The zero-order valence-electron chi connectivity index (χ0n) is 12.2. The molecule has 2 aromatic rings. The summed E-state index contributed by atoms with van der Waals surface area (Å²) in [5.74, 6) is 1.04. The van der Waals surface area contributed by atoms with Crippen LogP contribution in [-0.2, 0) is 6.54 Å². The third-order valence-corrected chi connectivity index (χ3v) is 4.41. The number of halogens is 1. The average molecular weight is 295 g/mol. The zero-order valence-corrected chi connectivity index (χ0v) is 13.0. The summed E-state index contributed by atoms with van der Waals surface area (Å²) in [6, 6.07) is 8.30. The van der Waals surface area contributed by atoms with Crippen LogP contribution in [0.5, 0.6) is 0 Å². The summed E-state index contributed by atoms with van der Waals surface area (Å²) in [7, 11) is 0. The normalized spacial score (nSPS) is 23.1. The highest BCUT2D eigenvalue weighted by Gasteiger charge is 2.32. The summed E-state index contributed by atoms with van der Waals surface area (Å²) in [6.07, 6.45) is 1.19. The fraction of sp³-hybridized carbons (Fsp3) is 0.500. The molecule has 1 unspecified atom stereocenters. The first-order chi connectivity index (χ1) is 9.11. The largest absolute Gasteiger partial charge is 0.461 e. The van der Waals surface area contributed by atoms with E-state index in [-0.39, 0.29) is 17.8 Å². The standard InChI is InChI=1S/C16H22N2O.ClH/c1-12-14(13-5-3-4-6-15(13)19-12)9-18-8-7-16(2,10-17)11-18;/h3-6H,7-11,17H2,1-2H3;1H. The van der Waals surface area contributed by atoms with Crippen molar-refractivity contribution in [3.05, 3.63) is 35.6 Å². The molecule has 0 radical (unpaired) electrons. The fourth-order valence-corrected chi connectivity index (χ4v) is 3.07. The SMILES string of the molecule is Cc1oc2ccccc2c1CN1CCC(C)(CN)C1.Cl. The van der Waals surface area contributed by atoms with Gasteiger partial charge in [0.15, 0.2) is 0 Å². The first-order valence-corrected chi connectivity index (χ1v) is 7.01. The average Bonchev–Trinajstić information content (AvgIpc) is 2.93. The van der Waals surface area contributed by atoms with Crippen LogP contribution < -0.4 is 5.73 Å². The van der Waals surface area contributed by atoms with Crippen molar-refractivity contribution in [2.24, 2.45) is 11.1 Å². The second-order valence-electron chi connectivity index (χ2n) is 6.11. The Bertz CT molecular complexity index is 595. The summed E-state index contributed by atoms with van der Waals surface area (Å²) in [6.45, 7) is 8.31. The van der Waals surface area contributed by atoms with E-state index in [2.05, 4.69) is 30.9 Å². The summed E-state index contributed by atoms with van der Waals surface area (Å²) < 4.78 is 5.84. The number of para-hydroxylation sites is 1. The molecule has 0 amide bonds. The number of aryl methyl sites for hydroxylation is 1. The van der Waals surface area contributed by atoms with E-state index in [4.69, 9.17) is 10.2 Å². The number of likely N-dealkylation sites (tertiary alicyclic amines) is 1. The van der Waals surface area contributed by atoms with Crippen molar-refractivity contribution < 1.29 is 4.42 Å². The molecule has 4 heteroatoms. The second kappa shape index (κ2) is 5.76. The van der Waals surface area contributed by atoms with E-state index in [0.29, 0.717) is 0 Å². The number of hydrogen-bond acceptors (Lipinski definition) is 3. The van der Waals surface area contributed by atoms with Gasteiger partial charge >= 0.3 is 0 Å². The molecule has 3 nitrogen and oxygen atoms in total. The number of furan rings is 1. The van der Waals surface area contributed by atoms with Crippen molar-refractivity contribution in [3.63, 3.8) is 0 Å². The lowest BCUT2D eigenvalue weighted by molar-refractivity contribution is 0.273. The smallest absolute Gasteiger partial charge is 0.134 e. The molecule has 0 bridgehead atoms. The molecule has 1 saturated heterocycles. The Balaban J connectivity index is 0.00000147. The fourth-order valence-electron chi connectivity index (χ4n) is 3.07. The Kier molecular flexibility index (Phi) is 4.43. The lowest BCUT2D eigenvalue weighted by Crippen LogP contribution is -2.31. The van der Waals surface area contributed by atoms with Gasteiger partial charge in [0.1, 0.15) is 11.3 Å². The maximum absolute atomic E-state index is 5.88. The van der Waals surface area contributed by atoms with Crippen LogP contribution in [0, 0.1) is 12.3 Å². The molecule has 0 aliphatic carbocycles. The van der Waals surface area contributed by atoms with Crippen LogP contribution in [0.15, 0.2) is 28.7 Å². The lowest BCUT2D eigenvalue weighted by Gasteiger charge is -2.22. The van der Waals surface area contributed by atoms with Crippen LogP contribution in [0.25, 0.3) is 11.0 Å². The first kappa shape index (κ1) is 15.4. The van der Waals surface area contributed by atoms with E-state index in [1.807, 2.05) is 12.1 Å². The molecule has 20 heavy (non-hydrogen) atoms. The Morgan fingerprint density at radius 3 is 2.80 bits per heavy atom. The van der Waals surface area contributed by atoms with Gasteiger partial charge in [0.05, 0.1) is 0 Å². The van der Waals surface area contributed by atoms with Gasteiger partial charge in [0.25, 0.3) is 0 Å². The van der Waals surface area contributed by atoms with Gasteiger partial charge in [-0.25, -0.2) is 0 Å². The molecule has 3 rings (SSSR count). The summed E-state index contributed by atoms with van der Waals surface area (Å²) in [5.41, 5.74) is 8.49. The first-order valence-electron chi connectivity index (χ1n) is 7.01. The number of rotatable bonds is 3. The van der Waals surface area contributed by atoms with E-state index in [1.54, 1.807) is 0 Å². The third kappa shape index (κ3) is 2.71. The highest BCUT2D eigenvalue weighted by Crippen LogP contribution is 2.32. The maximum atomic E-state index is 5.88. The zero-order chi connectivity index (χ0) is 13.5. The topological polar surface area (TPSA) is 42.4 Å². The van der Waals surface area contributed by atoms with Gasteiger partial charge in [-0.1, -0.05) is 25.1 Å². The lowest BCUT2D eigenvalue weighted by atomic mass is 9.90. The van der Waals surface area contributed by atoms with Crippen molar-refractivity contribution in [1.82, 2.24) is 4.90 Å². The van der Waals surface area contributed by atoms with Crippen molar-refractivity contribution in [2.75, 3.05) is 19.6 Å². The molecule has 1 atom stereocenters. The number of nitrogens with two attached hydrogens (primary N) is 1. The number of fused-ring (bicyclic) bond motifs is 1. The van der Waals surface area contributed by atoms with Crippen molar-refractivity contribution in [3.8, 4) is 0 Å². The Labute approximate surface area is 126 Å². The van der Waals surface area contributed by atoms with Gasteiger partial charge in [0, 0.05) is 24.0 Å². The molecular weight excluding hydrogens is 272 g/mol. The van der Waals surface area contributed by atoms with Gasteiger partial charge in [-0.15, -0.1) is 12.4 Å². The van der Waals surface area contributed by atoms with Gasteiger partial charge < -0.3 is 10.2 Å². The van der Waals surface area contributed by atoms with Crippen molar-refractivity contribution >= 4 is 23.4 Å². The molecule has 110 valence electrons. The number of nitrogens with zero attached hydrogens (tertiary/aromatic N) is 1. The minimum Gasteiger partial charge on any atom is -0.461 e. The monoisotopic (exact) mass is 294 g/mol. The quantitative estimate of drug-likeness (QED) is 0.944. The van der Waals surface area contributed by atoms with Gasteiger partial charge in [-0.2, -0.15) is 0 Å². The Morgan fingerprint density at radius 1 is 1.35 bits per heavy atom. The minimum atomic E-state index is 0. The molecule has 1 aliphatic rings. The Morgan fingerprint density at radius 2 is 2.10 bits per heavy atom. The van der Waals surface area contributed by atoms with E-state index in [9.17, 15) is 0 Å². The van der Waals surface area contributed by atoms with Crippen LogP contribution in [0.2, 0.25) is 0 Å². The van der Waals surface area contributed by atoms with E-state index < -0.39 is 0 Å². The summed E-state index contributed by atoms with van der Waals surface area (Å²) in [4.78, 5) is 2.50. The molecule has 1 aromatic heterocycles. The highest BCUT2D eigenvalue weighted by atomic mass is 35.5. The predicted octanol–water partition coefficient (Wildman–Crippen LogP) is 3.33. The van der Waals surface area contributed by atoms with Crippen LogP contribution in [0.4, 0.5) is 0 Å². The van der Waals surface area contributed by atoms with E-state index in [1.165, 1.54) is 17.4 Å². The maximum Gasteiger partial charge on any atom is 0.134 e. The molecule has 1 aliphatic heterocycles. The Hall–Kier alpha value is -1.03. The second-order valence-corrected chi connectivity index (χ2v) is 6.11.